The predicted octanol–water partition coefficient (Wildman–Crippen LogP) is 4.54. The number of rotatable bonds is 3. The van der Waals surface area contributed by atoms with Gasteiger partial charge in [0.15, 0.2) is 0 Å². The third-order valence-corrected chi connectivity index (χ3v) is 5.76. The van der Waals surface area contributed by atoms with Crippen molar-refractivity contribution in [2.24, 2.45) is 0 Å². The summed E-state index contributed by atoms with van der Waals surface area (Å²) in [6.45, 7) is 0. The van der Waals surface area contributed by atoms with Crippen molar-refractivity contribution in [3.05, 3.63) is 49.0 Å². The molecule has 1 N–H and O–H groups in total. The number of likely N-dealkylation sites (N-methyl/N-ethyl adjacent to an activating group) is 1. The van der Waals surface area contributed by atoms with E-state index in [0.717, 1.165) is 19.7 Å². The highest BCUT2D eigenvalue weighted by molar-refractivity contribution is 9.12. The van der Waals surface area contributed by atoms with E-state index >= 15 is 0 Å². The number of fused-ring (bicyclic) bond motifs is 1. The largest absolute Gasteiger partial charge is 0.488 e. The molecule has 0 fully saturated rings. The molecule has 1 aromatic heterocycles. The first-order valence-electron chi connectivity index (χ1n) is 6.05. The lowest BCUT2D eigenvalue weighted by Gasteiger charge is -2.22. The van der Waals surface area contributed by atoms with Crippen LogP contribution in [0.3, 0.4) is 0 Å². The van der Waals surface area contributed by atoms with E-state index in [9.17, 15) is 0 Å². The van der Waals surface area contributed by atoms with Crippen LogP contribution < -0.4 is 10.1 Å². The summed E-state index contributed by atoms with van der Waals surface area (Å²) in [6, 6.07) is 10.6. The molecule has 2 unspecified atom stereocenters. The van der Waals surface area contributed by atoms with Crippen LogP contribution in [0.5, 0.6) is 5.75 Å². The first-order chi connectivity index (χ1) is 9.19. The Balaban J connectivity index is 1.88. The van der Waals surface area contributed by atoms with Crippen molar-refractivity contribution in [2.75, 3.05) is 7.05 Å². The number of hydrogen-bond acceptors (Lipinski definition) is 3. The molecule has 1 aliphatic heterocycles. The molecule has 19 heavy (non-hydrogen) atoms. The molecule has 0 aliphatic carbocycles. The SMILES string of the molecule is CNC(c1cc(Br)sc1Br)C1Cc2ccccc2O1. The van der Waals surface area contributed by atoms with Crippen LogP contribution in [0.1, 0.15) is 17.2 Å². The molecule has 2 atom stereocenters. The van der Waals surface area contributed by atoms with E-state index in [1.807, 2.05) is 19.2 Å². The molecular weight excluding hydrogens is 390 g/mol. The van der Waals surface area contributed by atoms with E-state index in [2.05, 4.69) is 55.4 Å². The second-order valence-electron chi connectivity index (χ2n) is 4.51. The summed E-state index contributed by atoms with van der Waals surface area (Å²) in [6.07, 6.45) is 1.09. The lowest BCUT2D eigenvalue weighted by molar-refractivity contribution is 0.183. The van der Waals surface area contributed by atoms with Gasteiger partial charge in [-0.25, -0.2) is 0 Å². The first-order valence-corrected chi connectivity index (χ1v) is 8.46. The third-order valence-electron chi connectivity index (χ3n) is 3.37. The number of ether oxygens (including phenoxy) is 1. The standard InChI is InChI=1S/C14H13Br2NOS/c1-17-13(9-7-12(15)19-14(9)16)11-6-8-4-2-3-5-10(8)18-11/h2-5,7,11,13,17H,6H2,1H3. The van der Waals surface area contributed by atoms with E-state index in [-0.39, 0.29) is 12.1 Å². The van der Waals surface area contributed by atoms with E-state index in [1.165, 1.54) is 11.1 Å². The monoisotopic (exact) mass is 401 g/mol. The Hall–Kier alpha value is -0.360. The highest BCUT2D eigenvalue weighted by atomic mass is 79.9. The van der Waals surface area contributed by atoms with Gasteiger partial charge in [-0.1, -0.05) is 18.2 Å². The minimum Gasteiger partial charge on any atom is -0.488 e. The molecule has 1 aliphatic rings. The van der Waals surface area contributed by atoms with Crippen molar-refractivity contribution in [3.63, 3.8) is 0 Å². The Morgan fingerprint density at radius 1 is 1.37 bits per heavy atom. The van der Waals surface area contributed by atoms with Crippen molar-refractivity contribution < 1.29 is 4.74 Å². The molecular formula is C14H13Br2NOS. The Morgan fingerprint density at radius 2 is 2.16 bits per heavy atom. The zero-order chi connectivity index (χ0) is 13.4. The molecule has 0 radical (unpaired) electrons. The van der Waals surface area contributed by atoms with Gasteiger partial charge in [0.2, 0.25) is 0 Å². The topological polar surface area (TPSA) is 21.3 Å². The van der Waals surface area contributed by atoms with Crippen molar-refractivity contribution in [3.8, 4) is 5.75 Å². The summed E-state index contributed by atoms with van der Waals surface area (Å²) in [4.78, 5) is 0. The highest BCUT2D eigenvalue weighted by Crippen LogP contribution is 2.40. The van der Waals surface area contributed by atoms with Crippen LogP contribution >= 0.6 is 43.2 Å². The van der Waals surface area contributed by atoms with Crippen molar-refractivity contribution >= 4 is 43.2 Å². The lowest BCUT2D eigenvalue weighted by atomic mass is 10.0. The number of benzene rings is 1. The zero-order valence-corrected chi connectivity index (χ0v) is 14.3. The van der Waals surface area contributed by atoms with Crippen LogP contribution in [0.2, 0.25) is 0 Å². The van der Waals surface area contributed by atoms with Gasteiger partial charge in [-0.2, -0.15) is 0 Å². The number of hydrogen-bond donors (Lipinski definition) is 1. The summed E-state index contributed by atoms with van der Waals surface area (Å²) in [5.41, 5.74) is 2.54. The number of halogens is 2. The maximum absolute atomic E-state index is 6.08. The summed E-state index contributed by atoms with van der Waals surface area (Å²) in [5.74, 6) is 1.01. The second-order valence-corrected chi connectivity index (χ2v) is 8.26. The smallest absolute Gasteiger partial charge is 0.123 e. The van der Waals surface area contributed by atoms with Gasteiger partial charge >= 0.3 is 0 Å². The fraction of sp³-hybridized carbons (Fsp3) is 0.286. The van der Waals surface area contributed by atoms with Crippen molar-refractivity contribution in [1.29, 1.82) is 0 Å². The molecule has 0 amide bonds. The first kappa shape index (κ1) is 13.6. The molecule has 0 bridgehead atoms. The van der Waals surface area contributed by atoms with Gasteiger partial charge in [-0.15, -0.1) is 11.3 Å². The average molecular weight is 403 g/mol. The minimum atomic E-state index is 0.139. The number of nitrogens with one attached hydrogen (secondary N) is 1. The Kier molecular flexibility index (Phi) is 3.98. The maximum Gasteiger partial charge on any atom is 0.123 e. The van der Waals surface area contributed by atoms with Crippen LogP contribution in [-0.2, 0) is 6.42 Å². The normalized spacial score (nSPS) is 19.0. The van der Waals surface area contributed by atoms with Crippen LogP contribution in [-0.4, -0.2) is 13.2 Å². The van der Waals surface area contributed by atoms with Gasteiger partial charge in [-0.05, 0) is 62.2 Å². The van der Waals surface area contributed by atoms with E-state index in [4.69, 9.17) is 4.74 Å². The van der Waals surface area contributed by atoms with E-state index in [0.29, 0.717) is 0 Å². The molecule has 2 heterocycles. The molecule has 0 saturated heterocycles. The quantitative estimate of drug-likeness (QED) is 0.813. The summed E-state index contributed by atoms with van der Waals surface area (Å²) in [7, 11) is 1.98. The van der Waals surface area contributed by atoms with Crippen LogP contribution in [0.4, 0.5) is 0 Å². The second kappa shape index (κ2) is 5.56. The average Bonchev–Trinajstić information content (AvgIpc) is 2.94. The summed E-state index contributed by atoms with van der Waals surface area (Å²) >= 11 is 8.86. The zero-order valence-electron chi connectivity index (χ0n) is 10.3. The molecule has 100 valence electrons. The van der Waals surface area contributed by atoms with Gasteiger partial charge in [-0.3, -0.25) is 0 Å². The molecule has 0 saturated carbocycles. The summed E-state index contributed by atoms with van der Waals surface area (Å²) < 4.78 is 8.37. The Bertz CT molecular complexity index is 574. The van der Waals surface area contributed by atoms with Gasteiger partial charge < -0.3 is 10.1 Å². The van der Waals surface area contributed by atoms with Crippen LogP contribution in [0, 0.1) is 0 Å². The molecule has 5 heteroatoms. The number of para-hydroxylation sites is 1. The van der Waals surface area contributed by atoms with Crippen LogP contribution in [0.15, 0.2) is 37.9 Å². The predicted molar refractivity (Wildman–Crippen MR) is 86.1 cm³/mol. The highest BCUT2D eigenvalue weighted by Gasteiger charge is 2.32. The summed E-state index contributed by atoms with van der Waals surface area (Å²) in [5, 5.41) is 3.38. The Morgan fingerprint density at radius 3 is 2.79 bits per heavy atom. The van der Waals surface area contributed by atoms with E-state index in [1.54, 1.807) is 11.3 Å². The fourth-order valence-corrected chi connectivity index (χ4v) is 5.43. The van der Waals surface area contributed by atoms with E-state index < -0.39 is 0 Å². The molecule has 2 aromatic rings. The maximum atomic E-state index is 6.08. The van der Waals surface area contributed by atoms with Crippen molar-refractivity contribution in [2.45, 2.75) is 18.6 Å². The third kappa shape index (κ3) is 2.61. The van der Waals surface area contributed by atoms with Gasteiger partial charge in [0, 0.05) is 6.42 Å². The lowest BCUT2D eigenvalue weighted by Crippen LogP contribution is -2.32. The fourth-order valence-electron chi connectivity index (χ4n) is 2.50. The number of thiophene rings is 1. The molecule has 1 aromatic carbocycles. The molecule has 2 nitrogen and oxygen atoms in total. The Labute approximate surface area is 133 Å². The van der Waals surface area contributed by atoms with Crippen molar-refractivity contribution in [1.82, 2.24) is 5.32 Å². The van der Waals surface area contributed by atoms with Gasteiger partial charge in [0.25, 0.3) is 0 Å². The van der Waals surface area contributed by atoms with Gasteiger partial charge in [0.1, 0.15) is 11.9 Å². The minimum absolute atomic E-state index is 0.139. The van der Waals surface area contributed by atoms with Gasteiger partial charge in [0.05, 0.1) is 13.6 Å². The van der Waals surface area contributed by atoms with Crippen LogP contribution in [0.25, 0.3) is 0 Å². The molecule has 3 rings (SSSR count). The molecule has 0 spiro atoms.